The van der Waals surface area contributed by atoms with E-state index in [2.05, 4.69) is 101 Å². The number of aromatic nitrogens is 11. The Bertz CT molecular complexity index is 5610. The standard InChI is InChI=1S/C29H25N7O.C27H24N6O3S.C26H25N5O7/c1-3-27-31-14-15-36(27)19-21-6-4-8-24(16-21)33-28(37)22-10-9-20(2)26(17-22)35-29-32-13-11-25(34-29)23-7-5-12-30-18-23;1-3-37(35,36)33-16-21-8-9-23(13-22(21)17-33)30-26(34)19-7-6-18(2)25(14-19)32-27-29-12-10-24(31-27)20-5-4-11-28-15-20;1-3-20(32)37-13-19-22(33)23(34)21(25(36)38-19)31-24(35)15-7-6-14(2)18(11-15)30-26-28-10-8-17(29-26)16-5-4-9-27-12-16/h3-18H,1,19H2,2H3,(H,33,37)(H,32,34,35);3-15H,1,16-17H2,2H3,(H,30,34)(H,29,31,32);3-12,19,21-23,33-34H,1,13H2,2H3,(H,31,35)(H,28,29,30)/t;;19-,21?,22-,23-/m..1/s1. The molecule has 1 unspecified atom stereocenters. The molecule has 7 aromatic heterocycles. The summed E-state index contributed by atoms with van der Waals surface area (Å²) in [6, 6.07) is 43.9. The summed E-state index contributed by atoms with van der Waals surface area (Å²) in [5.41, 5.74) is 14.6. The third-order valence-corrected chi connectivity index (χ3v) is 19.1. The number of rotatable bonds is 23. The number of hydrogen-bond acceptors (Lipinski definition) is 24. The molecule has 112 heavy (non-hydrogen) atoms. The molecule has 2 aliphatic heterocycles. The monoisotopic (exact) mass is 1520 g/mol. The number of nitrogens with zero attached hydrogens (tertiary/aromatic N) is 12. The van der Waals surface area contributed by atoms with Gasteiger partial charge in [-0.05, 0) is 175 Å². The van der Waals surface area contributed by atoms with Gasteiger partial charge in [0.25, 0.3) is 17.7 Å². The highest BCUT2D eigenvalue weighted by Crippen LogP contribution is 2.31. The zero-order valence-electron chi connectivity index (χ0n) is 60.6. The molecule has 5 aromatic carbocycles. The molecule has 1 saturated heterocycles. The van der Waals surface area contributed by atoms with Crippen LogP contribution in [0.3, 0.4) is 0 Å². The largest absolute Gasteiger partial charge is 0.458 e. The summed E-state index contributed by atoms with van der Waals surface area (Å²) in [5.74, 6) is -1.02. The van der Waals surface area contributed by atoms with Crippen molar-refractivity contribution in [3.05, 3.63) is 307 Å². The Morgan fingerprint density at radius 3 is 1.52 bits per heavy atom. The van der Waals surface area contributed by atoms with Crippen LogP contribution in [-0.2, 0) is 48.7 Å². The van der Waals surface area contributed by atoms with Gasteiger partial charge in [0.2, 0.25) is 27.9 Å². The van der Waals surface area contributed by atoms with E-state index in [0.717, 1.165) is 84.5 Å². The van der Waals surface area contributed by atoms with Crippen molar-refractivity contribution in [1.29, 1.82) is 0 Å². The van der Waals surface area contributed by atoms with Gasteiger partial charge in [-0.15, -0.1) is 0 Å². The second-order valence-corrected chi connectivity index (χ2v) is 27.3. The second-order valence-electron chi connectivity index (χ2n) is 25.4. The first kappa shape index (κ1) is 77.4. The maximum atomic E-state index is 13.1. The molecule has 4 atom stereocenters. The molecule has 29 nitrogen and oxygen atoms in total. The molecule has 1 fully saturated rings. The van der Waals surface area contributed by atoms with E-state index in [4.69, 9.17) is 9.47 Å². The number of carbonyl (C=O) groups is 5. The van der Waals surface area contributed by atoms with Crippen LogP contribution in [0, 0.1) is 20.8 Å². The Morgan fingerprint density at radius 1 is 0.554 bits per heavy atom. The normalized spacial score (nSPS) is 14.8. The third-order valence-electron chi connectivity index (χ3n) is 17.7. The number of aryl methyl sites for hydroxylation is 3. The number of aliphatic hydroxyl groups excluding tert-OH is 2. The zero-order chi connectivity index (χ0) is 78.8. The highest BCUT2D eigenvalue weighted by molar-refractivity contribution is 7.91. The Kier molecular flexibility index (Phi) is 24.7. The lowest BCUT2D eigenvalue weighted by Crippen LogP contribution is -2.62. The molecule has 0 bridgehead atoms. The maximum Gasteiger partial charge on any atom is 0.331 e. The minimum atomic E-state index is -3.51. The van der Waals surface area contributed by atoms with Crippen molar-refractivity contribution in [2.45, 2.75) is 64.8 Å². The summed E-state index contributed by atoms with van der Waals surface area (Å²) >= 11 is 0. The van der Waals surface area contributed by atoms with Crippen molar-refractivity contribution in [2.24, 2.45) is 0 Å². The number of fused-ring (bicyclic) bond motifs is 1. The van der Waals surface area contributed by atoms with E-state index in [1.807, 2.05) is 116 Å². The SMILES string of the molecule is C=CC(=O)OC[C@H]1OC(=O)C(NC(=O)c2ccc(C)c(Nc3nccc(-c4cccnc4)n3)c2)[C@@H](O)[C@@H]1O.C=CS(=O)(=O)N1Cc2ccc(NC(=O)c3ccc(C)c(Nc4nccc(-c5cccnc5)n4)c3)cc2C1.C=Cc1nccn1Cc1cccc(NC(=O)c2ccc(C)c(Nc3nccc(-c4cccnc4)n3)c2)c1. The molecule has 0 aliphatic carbocycles. The van der Waals surface area contributed by atoms with E-state index < -0.39 is 58.8 Å². The molecule has 14 rings (SSSR count). The van der Waals surface area contributed by atoms with Gasteiger partial charge in [-0.1, -0.05) is 56.1 Å². The number of imidazole rings is 1. The summed E-state index contributed by atoms with van der Waals surface area (Å²) in [7, 11) is -3.51. The molecular weight excluding hydrogens is 1450 g/mol. The van der Waals surface area contributed by atoms with Gasteiger partial charge in [0.1, 0.15) is 24.6 Å². The first-order chi connectivity index (χ1) is 54.2. The number of nitrogens with one attached hydrogen (secondary N) is 6. The smallest absolute Gasteiger partial charge is 0.331 e. The molecular formula is C82H74N18O11S. The maximum absolute atomic E-state index is 13.1. The number of sulfonamides is 1. The average molecular weight is 1520 g/mol. The summed E-state index contributed by atoms with van der Waals surface area (Å²) in [6.45, 7) is 16.8. The molecule has 3 amide bonds. The van der Waals surface area contributed by atoms with E-state index in [1.165, 1.54) is 10.4 Å². The number of aliphatic hydroxyl groups is 2. The predicted octanol–water partition coefficient (Wildman–Crippen LogP) is 11.4. The highest BCUT2D eigenvalue weighted by atomic mass is 32.2. The number of esters is 2. The average Bonchev–Trinajstić information content (AvgIpc) is 1.45. The van der Waals surface area contributed by atoms with Gasteiger partial charge in [0.05, 0.1) is 17.1 Å². The lowest BCUT2D eigenvalue weighted by molar-refractivity contribution is -0.192. The first-order valence-electron chi connectivity index (χ1n) is 34.8. The fraction of sp³-hybridized carbons (Fsp3) is 0.134. The van der Waals surface area contributed by atoms with E-state index in [0.29, 0.717) is 64.0 Å². The number of ether oxygens (including phenoxy) is 2. The van der Waals surface area contributed by atoms with Gasteiger partial charge in [-0.3, -0.25) is 29.3 Å². The van der Waals surface area contributed by atoms with Gasteiger partial charge in [-0.25, -0.2) is 52.9 Å². The highest BCUT2D eigenvalue weighted by Gasteiger charge is 2.46. The van der Waals surface area contributed by atoms with Crippen molar-refractivity contribution in [3.8, 4) is 33.8 Å². The molecule has 0 spiro atoms. The van der Waals surface area contributed by atoms with E-state index in [-0.39, 0.29) is 30.5 Å². The topological polar surface area (TPSA) is 388 Å². The van der Waals surface area contributed by atoms with E-state index >= 15 is 0 Å². The molecule has 12 aromatic rings. The molecule has 564 valence electrons. The Balaban J connectivity index is 0.000000156. The molecule has 9 heterocycles. The summed E-state index contributed by atoms with van der Waals surface area (Å²) in [5, 5.41) is 39.6. The number of amides is 3. The van der Waals surface area contributed by atoms with Crippen LogP contribution in [0.4, 0.5) is 46.3 Å². The number of hydrogen-bond donors (Lipinski definition) is 8. The molecule has 30 heteroatoms. The minimum absolute atomic E-state index is 0.165. The summed E-state index contributed by atoms with van der Waals surface area (Å²) in [4.78, 5) is 106. The number of benzene rings is 5. The molecule has 0 radical (unpaired) electrons. The van der Waals surface area contributed by atoms with Gasteiger partial charge >= 0.3 is 11.9 Å². The van der Waals surface area contributed by atoms with Crippen LogP contribution >= 0.6 is 0 Å². The number of pyridine rings is 3. The first-order valence-corrected chi connectivity index (χ1v) is 36.3. The van der Waals surface area contributed by atoms with Gasteiger partial charge in [0.15, 0.2) is 12.1 Å². The lowest BCUT2D eigenvalue weighted by atomic mass is 9.97. The summed E-state index contributed by atoms with van der Waals surface area (Å²) < 4.78 is 37.4. The van der Waals surface area contributed by atoms with Crippen LogP contribution < -0.4 is 31.9 Å². The number of cyclic esters (lactones) is 1. The van der Waals surface area contributed by atoms with Crippen LogP contribution in [0.25, 0.3) is 39.8 Å². The minimum Gasteiger partial charge on any atom is -0.458 e. The van der Waals surface area contributed by atoms with Crippen LogP contribution in [-0.4, -0.2) is 138 Å². The number of carbonyl (C=O) groups excluding carboxylic acids is 5. The van der Waals surface area contributed by atoms with Crippen LogP contribution in [0.15, 0.2) is 251 Å². The summed E-state index contributed by atoms with van der Waals surface area (Å²) in [6.07, 6.45) is 16.9. The van der Waals surface area contributed by atoms with Crippen molar-refractivity contribution in [3.63, 3.8) is 0 Å². The van der Waals surface area contributed by atoms with E-state index in [1.54, 1.807) is 129 Å². The van der Waals surface area contributed by atoms with Gasteiger partial charge in [0, 0.05) is 161 Å². The molecule has 0 saturated carbocycles. The van der Waals surface area contributed by atoms with Gasteiger partial charge in [-0.2, -0.15) is 4.31 Å². The Hall–Kier alpha value is -14.2. The molecule has 2 aliphatic rings. The predicted molar refractivity (Wildman–Crippen MR) is 422 cm³/mol. The van der Waals surface area contributed by atoms with Crippen molar-refractivity contribution in [2.75, 3.05) is 33.2 Å². The fourth-order valence-corrected chi connectivity index (χ4v) is 12.5. The van der Waals surface area contributed by atoms with Crippen molar-refractivity contribution in [1.82, 2.24) is 64.0 Å². The Morgan fingerprint density at radius 2 is 1.04 bits per heavy atom. The molecule has 8 N–H and O–H groups in total. The van der Waals surface area contributed by atoms with Crippen LogP contribution in [0.1, 0.15) is 70.3 Å². The van der Waals surface area contributed by atoms with Crippen molar-refractivity contribution >= 4 is 92.0 Å². The second kappa shape index (κ2) is 35.7. The van der Waals surface area contributed by atoms with Gasteiger partial charge < -0.3 is 56.2 Å². The van der Waals surface area contributed by atoms with Crippen LogP contribution in [0.2, 0.25) is 0 Å². The fourth-order valence-electron chi connectivity index (χ4n) is 11.6. The number of anilines is 8. The Labute approximate surface area is 643 Å². The van der Waals surface area contributed by atoms with Crippen LogP contribution in [0.5, 0.6) is 0 Å². The quantitative estimate of drug-likeness (QED) is 0.0218. The van der Waals surface area contributed by atoms with E-state index in [9.17, 15) is 42.6 Å². The third kappa shape index (κ3) is 19.6. The zero-order valence-corrected chi connectivity index (χ0v) is 61.4. The lowest BCUT2D eigenvalue weighted by Gasteiger charge is -2.36. The van der Waals surface area contributed by atoms with Crippen molar-refractivity contribution < 1.29 is 52.1 Å².